The van der Waals surface area contributed by atoms with Crippen molar-refractivity contribution in [2.75, 3.05) is 24.1 Å². The highest BCUT2D eigenvalue weighted by Gasteiger charge is 2.22. The van der Waals surface area contributed by atoms with Gasteiger partial charge in [-0.25, -0.2) is 13.4 Å². The Balaban J connectivity index is 1.39. The van der Waals surface area contributed by atoms with Crippen LogP contribution in [0.3, 0.4) is 0 Å². The van der Waals surface area contributed by atoms with Crippen molar-refractivity contribution in [2.24, 2.45) is 0 Å². The number of carbonyl (C=O) groups excluding carboxylic acids is 1. The third-order valence-electron chi connectivity index (χ3n) is 5.70. The number of anilines is 1. The summed E-state index contributed by atoms with van der Waals surface area (Å²) in [7, 11) is -3.37. The Morgan fingerprint density at radius 1 is 1.06 bits per heavy atom. The number of hydrogen-bond donors (Lipinski definition) is 2. The van der Waals surface area contributed by atoms with Crippen LogP contribution in [0, 0.1) is 6.92 Å². The van der Waals surface area contributed by atoms with Gasteiger partial charge in [0.05, 0.1) is 23.8 Å². The Labute approximate surface area is 197 Å². The molecule has 0 fully saturated rings. The van der Waals surface area contributed by atoms with E-state index in [0.29, 0.717) is 30.9 Å². The van der Waals surface area contributed by atoms with E-state index < -0.39 is 10.0 Å². The minimum absolute atomic E-state index is 0.137. The lowest BCUT2D eigenvalue weighted by Crippen LogP contribution is -2.32. The van der Waals surface area contributed by atoms with Crippen LogP contribution in [0.5, 0.6) is 5.75 Å². The van der Waals surface area contributed by atoms with Crippen LogP contribution in [0.15, 0.2) is 60.7 Å². The number of benzene rings is 3. The number of aryl methyl sites for hydroxylation is 1. The van der Waals surface area contributed by atoms with Gasteiger partial charge in [0, 0.05) is 23.4 Å². The summed E-state index contributed by atoms with van der Waals surface area (Å²) in [6.07, 6.45) is 1.09. The second-order valence-corrected chi connectivity index (χ2v) is 10.2. The molecule has 5 rings (SSSR count). The van der Waals surface area contributed by atoms with E-state index in [0.717, 1.165) is 45.6 Å². The molecule has 9 heteroatoms. The summed E-state index contributed by atoms with van der Waals surface area (Å²) in [5, 5.41) is 0. The Hall–Kier alpha value is -3.85. The predicted molar refractivity (Wildman–Crippen MR) is 131 cm³/mol. The van der Waals surface area contributed by atoms with Crippen molar-refractivity contribution in [3.8, 4) is 16.9 Å². The van der Waals surface area contributed by atoms with Gasteiger partial charge in [0.2, 0.25) is 10.0 Å². The molecular formula is C25H24N4O4S. The summed E-state index contributed by atoms with van der Waals surface area (Å²) >= 11 is 0. The number of fused-ring (bicyclic) bond motifs is 2. The summed E-state index contributed by atoms with van der Waals surface area (Å²) in [5.74, 6) is 1.50. The number of aromatic nitrogens is 2. The molecule has 0 saturated carbocycles. The number of aromatic amines is 1. The monoisotopic (exact) mass is 476 g/mol. The summed E-state index contributed by atoms with van der Waals surface area (Å²) in [5.41, 5.74) is 5.81. The average molecular weight is 477 g/mol. The molecule has 1 aliphatic rings. The lowest BCUT2D eigenvalue weighted by molar-refractivity contribution is 0.0733. The third-order valence-corrected chi connectivity index (χ3v) is 6.30. The average Bonchev–Trinajstić information content (AvgIpc) is 3.03. The number of rotatable bonds is 4. The highest BCUT2D eigenvalue weighted by atomic mass is 32.2. The van der Waals surface area contributed by atoms with Gasteiger partial charge in [-0.1, -0.05) is 12.1 Å². The van der Waals surface area contributed by atoms with Crippen molar-refractivity contribution >= 4 is 32.7 Å². The molecule has 2 heterocycles. The zero-order valence-corrected chi connectivity index (χ0v) is 19.6. The number of nitrogens with one attached hydrogen (secondary N) is 2. The fraction of sp³-hybridized carbons (Fsp3) is 0.200. The molecule has 0 spiro atoms. The summed E-state index contributed by atoms with van der Waals surface area (Å²) < 4.78 is 31.1. The van der Waals surface area contributed by atoms with Gasteiger partial charge < -0.3 is 14.6 Å². The second kappa shape index (κ2) is 8.49. The minimum Gasteiger partial charge on any atom is -0.491 e. The van der Waals surface area contributed by atoms with Gasteiger partial charge >= 0.3 is 0 Å². The molecule has 0 bridgehead atoms. The number of carbonyl (C=O) groups is 1. The number of ether oxygens (including phenoxy) is 1. The normalized spacial score (nSPS) is 13.8. The molecule has 2 N–H and O–H groups in total. The summed E-state index contributed by atoms with van der Waals surface area (Å²) in [4.78, 5) is 22.7. The maximum atomic E-state index is 13.2. The van der Waals surface area contributed by atoms with E-state index in [4.69, 9.17) is 4.74 Å². The van der Waals surface area contributed by atoms with Crippen LogP contribution in [-0.2, 0) is 16.6 Å². The fourth-order valence-corrected chi connectivity index (χ4v) is 4.71. The molecule has 1 amide bonds. The Bertz CT molecular complexity index is 1490. The van der Waals surface area contributed by atoms with E-state index in [-0.39, 0.29) is 5.91 Å². The molecule has 0 radical (unpaired) electrons. The molecule has 0 saturated heterocycles. The minimum atomic E-state index is -3.37. The largest absolute Gasteiger partial charge is 0.491 e. The molecule has 0 unspecified atom stereocenters. The van der Waals surface area contributed by atoms with Gasteiger partial charge in [0.15, 0.2) is 0 Å². The Kier molecular flexibility index (Phi) is 5.49. The summed E-state index contributed by atoms with van der Waals surface area (Å²) in [6.45, 7) is 3.19. The highest BCUT2D eigenvalue weighted by Crippen LogP contribution is 2.31. The van der Waals surface area contributed by atoms with Crippen molar-refractivity contribution in [3.05, 3.63) is 77.6 Å². The molecule has 1 aromatic heterocycles. The van der Waals surface area contributed by atoms with Crippen LogP contribution >= 0.6 is 0 Å². The van der Waals surface area contributed by atoms with E-state index in [9.17, 15) is 13.2 Å². The maximum absolute atomic E-state index is 13.2. The van der Waals surface area contributed by atoms with Gasteiger partial charge in [-0.05, 0) is 66.6 Å². The SMILES string of the molecule is Cc1nc2ccc(-c3ccc4c(c3)CN(C(=O)c3ccc(NS(C)(=O)=O)cc3)CCO4)cc2[nH]1. The van der Waals surface area contributed by atoms with Crippen molar-refractivity contribution in [3.63, 3.8) is 0 Å². The zero-order chi connectivity index (χ0) is 23.9. The smallest absolute Gasteiger partial charge is 0.254 e. The van der Waals surface area contributed by atoms with E-state index in [1.165, 1.54) is 0 Å². The first kappa shape index (κ1) is 22.0. The number of amides is 1. The maximum Gasteiger partial charge on any atom is 0.254 e. The number of sulfonamides is 1. The second-order valence-electron chi connectivity index (χ2n) is 8.40. The van der Waals surface area contributed by atoms with Crippen LogP contribution in [0.1, 0.15) is 21.7 Å². The summed E-state index contributed by atoms with van der Waals surface area (Å²) in [6, 6.07) is 18.6. The quantitative estimate of drug-likeness (QED) is 0.464. The Morgan fingerprint density at radius 3 is 2.56 bits per heavy atom. The molecular weight excluding hydrogens is 452 g/mol. The van der Waals surface area contributed by atoms with Gasteiger partial charge in [-0.3, -0.25) is 9.52 Å². The van der Waals surface area contributed by atoms with Crippen molar-refractivity contribution in [1.82, 2.24) is 14.9 Å². The highest BCUT2D eigenvalue weighted by molar-refractivity contribution is 7.92. The number of H-pyrrole nitrogens is 1. The topological polar surface area (TPSA) is 104 Å². The van der Waals surface area contributed by atoms with E-state index in [2.05, 4.69) is 26.8 Å². The van der Waals surface area contributed by atoms with Crippen molar-refractivity contribution in [1.29, 1.82) is 0 Å². The molecule has 8 nitrogen and oxygen atoms in total. The number of hydrogen-bond acceptors (Lipinski definition) is 5. The Morgan fingerprint density at radius 2 is 1.79 bits per heavy atom. The molecule has 3 aromatic carbocycles. The fourth-order valence-electron chi connectivity index (χ4n) is 4.14. The lowest BCUT2D eigenvalue weighted by Gasteiger charge is -2.20. The van der Waals surface area contributed by atoms with E-state index in [1.54, 1.807) is 29.2 Å². The number of nitrogens with zero attached hydrogens (tertiary/aromatic N) is 2. The predicted octanol–water partition coefficient (Wildman–Crippen LogP) is 3.94. The molecule has 4 aromatic rings. The first-order valence-corrected chi connectivity index (χ1v) is 12.7. The van der Waals surface area contributed by atoms with Crippen LogP contribution < -0.4 is 9.46 Å². The van der Waals surface area contributed by atoms with Gasteiger partial charge in [0.25, 0.3) is 5.91 Å². The number of imidazole rings is 1. The van der Waals surface area contributed by atoms with Gasteiger partial charge in [-0.2, -0.15) is 0 Å². The molecule has 34 heavy (non-hydrogen) atoms. The van der Waals surface area contributed by atoms with Crippen LogP contribution in [0.2, 0.25) is 0 Å². The first-order valence-electron chi connectivity index (χ1n) is 10.8. The third kappa shape index (κ3) is 4.60. The molecule has 0 aliphatic carbocycles. The molecule has 174 valence electrons. The lowest BCUT2D eigenvalue weighted by atomic mass is 10.0. The van der Waals surface area contributed by atoms with Crippen molar-refractivity contribution < 1.29 is 17.9 Å². The van der Waals surface area contributed by atoms with E-state index in [1.807, 2.05) is 31.2 Å². The van der Waals surface area contributed by atoms with E-state index >= 15 is 0 Å². The van der Waals surface area contributed by atoms with Crippen LogP contribution in [0.4, 0.5) is 5.69 Å². The molecule has 0 atom stereocenters. The molecule has 1 aliphatic heterocycles. The first-order chi connectivity index (χ1) is 16.2. The van der Waals surface area contributed by atoms with Crippen LogP contribution in [0.25, 0.3) is 22.2 Å². The standard InChI is InChI=1S/C25H24N4O4S/c1-16-26-22-9-5-19(14-23(22)27-16)18-6-10-24-20(13-18)15-29(11-12-33-24)25(30)17-3-7-21(8-4-17)28-34(2,31)32/h3-10,13-14,28H,11-12,15H2,1-2H3,(H,26,27). The van der Waals surface area contributed by atoms with Gasteiger partial charge in [0.1, 0.15) is 18.2 Å². The van der Waals surface area contributed by atoms with Crippen molar-refractivity contribution in [2.45, 2.75) is 13.5 Å². The van der Waals surface area contributed by atoms with Gasteiger partial charge in [-0.15, -0.1) is 0 Å². The zero-order valence-electron chi connectivity index (χ0n) is 18.8. The van der Waals surface area contributed by atoms with Crippen LogP contribution in [-0.4, -0.2) is 48.6 Å².